The molecule has 3 saturated carbocycles. The van der Waals surface area contributed by atoms with Gasteiger partial charge in [0.2, 0.25) is 11.7 Å². The summed E-state index contributed by atoms with van der Waals surface area (Å²) in [6.45, 7) is 9.09. The second kappa shape index (κ2) is 14.6. The fourth-order valence-electron chi connectivity index (χ4n) is 13.1. The predicted octanol–water partition coefficient (Wildman–Crippen LogP) is 0.352. The zero-order chi connectivity index (χ0) is 40.9. The molecule has 0 unspecified atom stereocenters. The molecule has 1 spiro atoms. The minimum absolute atomic E-state index is 0.0674. The van der Waals surface area contributed by atoms with E-state index in [1.54, 1.807) is 25.0 Å². The van der Waals surface area contributed by atoms with Crippen molar-refractivity contribution in [3.05, 3.63) is 11.6 Å². The third-order valence-electron chi connectivity index (χ3n) is 16.6. The van der Waals surface area contributed by atoms with Crippen LogP contribution in [-0.4, -0.2) is 147 Å². The highest BCUT2D eigenvalue weighted by molar-refractivity contribution is 5.95. The van der Waals surface area contributed by atoms with Crippen molar-refractivity contribution >= 4 is 11.7 Å². The Morgan fingerprint density at radius 1 is 1.05 bits per heavy atom. The summed E-state index contributed by atoms with van der Waals surface area (Å²) in [5, 5.41) is 78.6. The molecule has 9 aliphatic rings. The first-order valence-corrected chi connectivity index (χ1v) is 21.4. The highest BCUT2D eigenvalue weighted by atomic mass is 16.6. The number of hydrogen-bond acceptors (Lipinski definition) is 13. The third kappa shape index (κ3) is 6.24. The van der Waals surface area contributed by atoms with Crippen LogP contribution in [0.1, 0.15) is 91.9 Å². The first-order chi connectivity index (χ1) is 26.9. The van der Waals surface area contributed by atoms with E-state index in [2.05, 4.69) is 29.4 Å². The van der Waals surface area contributed by atoms with E-state index in [9.17, 15) is 40.2 Å². The molecule has 3 saturated heterocycles. The van der Waals surface area contributed by atoms with Crippen molar-refractivity contribution in [1.29, 1.82) is 0 Å². The molecule has 318 valence electrons. The number of methoxy groups -OCH3 is 1. The lowest BCUT2D eigenvalue weighted by Crippen LogP contribution is -2.70. The average Bonchev–Trinajstić information content (AvgIpc) is 3.73. The fraction of sp³-hybridized carbons (Fsp3) is 0.860. The zero-order valence-electron chi connectivity index (χ0n) is 34.2. The van der Waals surface area contributed by atoms with Gasteiger partial charge in [-0.2, -0.15) is 0 Å². The molecular formula is C43H65N3O11. The maximum absolute atomic E-state index is 14.5. The smallest absolute Gasteiger partial charge is 0.240 e. The molecule has 9 rings (SSSR count). The minimum Gasteiger partial charge on any atom is -0.392 e. The van der Waals surface area contributed by atoms with Crippen molar-refractivity contribution in [2.24, 2.45) is 39.9 Å². The van der Waals surface area contributed by atoms with E-state index < -0.39 is 81.6 Å². The number of aliphatic hydroxyl groups is 6. The molecule has 0 aromatic rings. The Bertz CT molecular complexity index is 1690. The number of ketones is 1. The second-order valence-corrected chi connectivity index (χ2v) is 19.6. The van der Waals surface area contributed by atoms with E-state index in [1.807, 2.05) is 6.92 Å². The van der Waals surface area contributed by atoms with E-state index >= 15 is 0 Å². The number of carbonyl (C=O) groups excluding carboxylic acids is 2. The van der Waals surface area contributed by atoms with E-state index in [-0.39, 0.29) is 62.1 Å². The van der Waals surface area contributed by atoms with Crippen LogP contribution in [0.3, 0.4) is 0 Å². The van der Waals surface area contributed by atoms with E-state index in [4.69, 9.17) is 14.2 Å². The van der Waals surface area contributed by atoms with Crippen LogP contribution in [0.2, 0.25) is 0 Å². The Morgan fingerprint density at radius 3 is 2.56 bits per heavy atom. The summed E-state index contributed by atoms with van der Waals surface area (Å²) >= 11 is 0. The number of piperidine rings is 1. The predicted molar refractivity (Wildman–Crippen MR) is 206 cm³/mol. The van der Waals surface area contributed by atoms with Gasteiger partial charge in [0.25, 0.3) is 0 Å². The lowest BCUT2D eigenvalue weighted by Gasteiger charge is -2.64. The fourth-order valence-corrected chi connectivity index (χ4v) is 13.1. The molecule has 57 heavy (non-hydrogen) atoms. The van der Waals surface area contributed by atoms with Gasteiger partial charge in [-0.1, -0.05) is 19.8 Å². The number of aliphatic hydroxyl groups excluding tert-OH is 2. The molecule has 0 aromatic carbocycles. The van der Waals surface area contributed by atoms with Gasteiger partial charge in [-0.15, -0.1) is 5.92 Å². The van der Waals surface area contributed by atoms with Gasteiger partial charge < -0.3 is 55.1 Å². The van der Waals surface area contributed by atoms with Gasteiger partial charge in [-0.05, 0) is 94.6 Å². The normalized spacial score (nSPS) is 48.9. The van der Waals surface area contributed by atoms with Crippen molar-refractivity contribution in [2.45, 2.75) is 152 Å². The highest BCUT2D eigenvalue weighted by Gasteiger charge is 2.75. The van der Waals surface area contributed by atoms with Crippen LogP contribution in [0, 0.1) is 51.8 Å². The summed E-state index contributed by atoms with van der Waals surface area (Å²) < 4.78 is 17.9. The molecule has 14 nitrogen and oxygen atoms in total. The van der Waals surface area contributed by atoms with Crippen molar-refractivity contribution in [2.75, 3.05) is 40.0 Å². The van der Waals surface area contributed by atoms with Crippen LogP contribution in [0.5, 0.6) is 0 Å². The second-order valence-electron chi connectivity index (χ2n) is 19.6. The van der Waals surface area contributed by atoms with Gasteiger partial charge in [0.05, 0.1) is 35.3 Å². The molecule has 1 amide bonds. The lowest BCUT2D eigenvalue weighted by atomic mass is 9.39. The number of hydrogen-bond donors (Lipinski definition) is 8. The molecule has 5 aliphatic heterocycles. The van der Waals surface area contributed by atoms with Gasteiger partial charge in [0.1, 0.15) is 24.0 Å². The number of rotatable bonds is 9. The topological polar surface area (TPSA) is 210 Å². The summed E-state index contributed by atoms with van der Waals surface area (Å²) in [5.74, 6) is 1.63. The van der Waals surface area contributed by atoms with Crippen LogP contribution in [-0.2, 0) is 23.8 Å². The molecule has 0 aromatic heterocycles. The number of nitrogens with zero attached hydrogens (tertiary/aromatic N) is 1. The molecule has 4 aliphatic carbocycles. The molecule has 6 fully saturated rings. The maximum Gasteiger partial charge on any atom is 0.240 e. The Balaban J connectivity index is 1.21. The summed E-state index contributed by atoms with van der Waals surface area (Å²) in [6.07, 6.45) is 1.92. The van der Waals surface area contributed by atoms with E-state index in [0.717, 1.165) is 12.8 Å². The average molecular weight is 800 g/mol. The van der Waals surface area contributed by atoms with Gasteiger partial charge in [0.15, 0.2) is 5.78 Å². The van der Waals surface area contributed by atoms with E-state index in [1.165, 1.54) is 6.92 Å². The minimum atomic E-state index is -2.89. The SMILES string of the molecule is COCCCO[C@H]1CC[C@@]2(C)[C@@H](C1)C(=O)C=C1[C@]3(O)CC[C@@H]4[C@](C)(O)C(O)(O)[C@H]5O[C@@H]6[C@H](C[C@@H](N[C@H]6O)C(=O)N6C[C@H]6CC#C[C@]12CC[C@]43C)[C@H]5CNC[C@H](C)O. The third-order valence-corrected chi connectivity index (χ3v) is 16.6. The van der Waals surface area contributed by atoms with Crippen molar-refractivity contribution in [3.8, 4) is 11.8 Å². The quantitative estimate of drug-likeness (QED) is 0.0687. The maximum atomic E-state index is 14.5. The number of allylic oxidation sites excluding steroid dienone is 1. The Morgan fingerprint density at radius 2 is 1.82 bits per heavy atom. The van der Waals surface area contributed by atoms with Gasteiger partial charge in [-0.3, -0.25) is 14.9 Å². The highest BCUT2D eigenvalue weighted by Crippen LogP contribution is 2.73. The Kier molecular flexibility index (Phi) is 10.7. The van der Waals surface area contributed by atoms with E-state index in [0.29, 0.717) is 57.4 Å². The molecule has 5 heterocycles. The standard InChI is InChI=1S/C43H65N3O11/c1-24(47)21-44-22-28-27-19-30-37(50)46-23-25(46)8-6-11-41-15-14-39(3)32(40(4,51)43(53,54)35(28)57-34(27)36(49)45-30)10-13-42(39,52)33(41)20-31(48)29-18-26(9-12-38(29,41)2)56-17-7-16-55-5/h20,24-30,32,34-36,44-45,47,49,51-54H,7-10,12-19,21-23H2,1-5H3/t24-,25+,26-,27+,28+,29-,30+,32-,34+,35-,36-,38-,39+,40-,41-,42+,46?/m0/s1. The molecule has 0 radical (unpaired) electrons. The number of nitrogens with one attached hydrogen (secondary N) is 2. The van der Waals surface area contributed by atoms with Crippen LogP contribution in [0.4, 0.5) is 0 Å². The van der Waals surface area contributed by atoms with Crippen LogP contribution < -0.4 is 10.6 Å². The van der Waals surface area contributed by atoms with Gasteiger partial charge in [0, 0.05) is 69.5 Å². The largest absolute Gasteiger partial charge is 0.392 e. The van der Waals surface area contributed by atoms with Crippen molar-refractivity contribution < 1.29 is 54.4 Å². The summed E-state index contributed by atoms with van der Waals surface area (Å²) in [4.78, 5) is 30.2. The van der Waals surface area contributed by atoms with Crippen molar-refractivity contribution in [1.82, 2.24) is 15.5 Å². The van der Waals surface area contributed by atoms with Gasteiger partial charge >= 0.3 is 0 Å². The summed E-state index contributed by atoms with van der Waals surface area (Å²) in [7, 11) is 1.66. The first kappa shape index (κ1) is 41.7. The molecular weight excluding hydrogens is 734 g/mol. The monoisotopic (exact) mass is 799 g/mol. The molecule has 7 bridgehead atoms. The number of ether oxygens (including phenoxy) is 3. The van der Waals surface area contributed by atoms with Crippen molar-refractivity contribution in [3.63, 3.8) is 0 Å². The van der Waals surface area contributed by atoms with Gasteiger partial charge in [-0.25, -0.2) is 0 Å². The molecule has 16 atom stereocenters. The van der Waals surface area contributed by atoms with Crippen LogP contribution in [0.25, 0.3) is 0 Å². The lowest BCUT2D eigenvalue weighted by molar-refractivity contribution is -0.344. The Labute approximate surface area is 336 Å². The Hall–Kier alpha value is -2.00. The van der Waals surface area contributed by atoms with Crippen LogP contribution in [0.15, 0.2) is 11.6 Å². The first-order valence-electron chi connectivity index (χ1n) is 21.4. The summed E-state index contributed by atoms with van der Waals surface area (Å²) in [6, 6.07) is -0.883. The molecule has 8 N–H and O–H groups in total. The number of carbonyl (C=O) groups is 2. The summed E-state index contributed by atoms with van der Waals surface area (Å²) in [5.41, 5.74) is -5.93. The number of fused-ring (bicyclic) bond motifs is 4. The zero-order valence-corrected chi connectivity index (χ0v) is 34.2. The number of amides is 1. The molecule has 14 heteroatoms. The van der Waals surface area contributed by atoms with Crippen LogP contribution >= 0.6 is 0 Å².